The summed E-state index contributed by atoms with van der Waals surface area (Å²) in [6.07, 6.45) is 0. The van der Waals surface area contributed by atoms with E-state index in [-0.39, 0.29) is 23.4 Å². The second kappa shape index (κ2) is 6.95. The SMILES string of the molecule is Cc1cc(C(=O)N2CCN(C(=O)c3ccc4c(c3)C(=O)c3ccccc3-4)CC2)on1. The van der Waals surface area contributed by atoms with Crippen LogP contribution in [0, 0.1) is 6.92 Å². The Bertz CT molecular complexity index is 1190. The van der Waals surface area contributed by atoms with E-state index in [4.69, 9.17) is 4.52 Å². The molecule has 3 aromatic rings. The van der Waals surface area contributed by atoms with Gasteiger partial charge < -0.3 is 14.3 Å². The molecular weight excluding hydrogens is 382 g/mol. The molecule has 2 aliphatic rings. The van der Waals surface area contributed by atoms with Crippen molar-refractivity contribution in [2.45, 2.75) is 6.92 Å². The monoisotopic (exact) mass is 401 g/mol. The van der Waals surface area contributed by atoms with Crippen molar-refractivity contribution in [3.63, 3.8) is 0 Å². The normalized spacial score (nSPS) is 15.2. The topological polar surface area (TPSA) is 83.7 Å². The van der Waals surface area contributed by atoms with Gasteiger partial charge in [0.05, 0.1) is 5.69 Å². The Morgan fingerprint density at radius 2 is 1.47 bits per heavy atom. The molecule has 0 bridgehead atoms. The highest BCUT2D eigenvalue weighted by Crippen LogP contribution is 2.36. The summed E-state index contributed by atoms with van der Waals surface area (Å²) in [7, 11) is 0. The molecule has 7 nitrogen and oxygen atoms in total. The first-order valence-corrected chi connectivity index (χ1v) is 9.83. The van der Waals surface area contributed by atoms with E-state index in [1.54, 1.807) is 34.9 Å². The maximum Gasteiger partial charge on any atom is 0.292 e. The third kappa shape index (κ3) is 2.90. The minimum atomic E-state index is -0.219. The number of hydrogen-bond acceptors (Lipinski definition) is 5. The van der Waals surface area contributed by atoms with E-state index < -0.39 is 0 Å². The molecule has 1 aliphatic heterocycles. The molecule has 0 atom stereocenters. The van der Waals surface area contributed by atoms with Gasteiger partial charge in [-0.05, 0) is 30.2 Å². The lowest BCUT2D eigenvalue weighted by atomic mass is 10.0. The predicted octanol–water partition coefficient (Wildman–Crippen LogP) is 2.79. The molecule has 2 aromatic carbocycles. The van der Waals surface area contributed by atoms with Crippen LogP contribution in [0.5, 0.6) is 0 Å². The first-order chi connectivity index (χ1) is 14.5. The average Bonchev–Trinajstić information content (AvgIpc) is 3.34. The summed E-state index contributed by atoms with van der Waals surface area (Å²) < 4.78 is 5.05. The van der Waals surface area contributed by atoms with E-state index in [9.17, 15) is 14.4 Å². The molecule has 0 saturated carbocycles. The molecule has 0 N–H and O–H groups in total. The number of benzene rings is 2. The Hall–Kier alpha value is -3.74. The summed E-state index contributed by atoms with van der Waals surface area (Å²) in [5.41, 5.74) is 4.15. The number of hydrogen-bond donors (Lipinski definition) is 0. The van der Waals surface area contributed by atoms with Crippen LogP contribution in [-0.2, 0) is 0 Å². The van der Waals surface area contributed by atoms with Gasteiger partial charge in [0.2, 0.25) is 5.76 Å². The second-order valence-electron chi connectivity index (χ2n) is 7.55. The molecule has 0 spiro atoms. The summed E-state index contributed by atoms with van der Waals surface area (Å²) in [5, 5.41) is 3.75. The molecule has 1 aromatic heterocycles. The third-order valence-corrected chi connectivity index (χ3v) is 5.67. The van der Waals surface area contributed by atoms with Crippen molar-refractivity contribution in [3.8, 4) is 11.1 Å². The van der Waals surface area contributed by atoms with Gasteiger partial charge in [-0.3, -0.25) is 14.4 Å². The Labute approximate surface area is 172 Å². The molecule has 30 heavy (non-hydrogen) atoms. The molecule has 1 saturated heterocycles. The molecule has 1 fully saturated rings. The van der Waals surface area contributed by atoms with Crippen molar-refractivity contribution in [3.05, 3.63) is 76.7 Å². The molecule has 150 valence electrons. The largest absolute Gasteiger partial charge is 0.351 e. The van der Waals surface area contributed by atoms with Gasteiger partial charge in [-0.15, -0.1) is 0 Å². The van der Waals surface area contributed by atoms with Crippen LogP contribution in [0.1, 0.15) is 42.5 Å². The molecule has 2 heterocycles. The van der Waals surface area contributed by atoms with Gasteiger partial charge in [-0.2, -0.15) is 0 Å². The molecular formula is C23H19N3O4. The van der Waals surface area contributed by atoms with Gasteiger partial charge in [0.25, 0.3) is 11.8 Å². The summed E-state index contributed by atoms with van der Waals surface area (Å²) in [6.45, 7) is 3.43. The van der Waals surface area contributed by atoms with E-state index in [1.165, 1.54) is 0 Å². The van der Waals surface area contributed by atoms with Crippen molar-refractivity contribution >= 4 is 17.6 Å². The van der Waals surface area contributed by atoms with Crippen LogP contribution in [0.15, 0.2) is 53.1 Å². The van der Waals surface area contributed by atoms with Crippen LogP contribution in [0.3, 0.4) is 0 Å². The maximum atomic E-state index is 13.0. The fraction of sp³-hybridized carbons (Fsp3) is 0.217. The molecule has 0 radical (unpaired) electrons. The number of rotatable bonds is 2. The van der Waals surface area contributed by atoms with Crippen molar-refractivity contribution in [2.24, 2.45) is 0 Å². The smallest absolute Gasteiger partial charge is 0.292 e. The highest BCUT2D eigenvalue weighted by Gasteiger charge is 2.30. The van der Waals surface area contributed by atoms with Crippen molar-refractivity contribution in [1.82, 2.24) is 15.0 Å². The summed E-state index contributed by atoms with van der Waals surface area (Å²) in [5.74, 6) is -0.190. The Balaban J connectivity index is 1.30. The van der Waals surface area contributed by atoms with Gasteiger partial charge in [-0.1, -0.05) is 35.5 Å². The number of nitrogens with zero attached hydrogens (tertiary/aromatic N) is 3. The quantitative estimate of drug-likeness (QED) is 0.516. The van der Waals surface area contributed by atoms with Crippen molar-refractivity contribution < 1.29 is 18.9 Å². The Kier molecular flexibility index (Phi) is 4.24. The van der Waals surface area contributed by atoms with Crippen LogP contribution >= 0.6 is 0 Å². The number of carbonyl (C=O) groups is 3. The van der Waals surface area contributed by atoms with E-state index in [1.807, 2.05) is 30.3 Å². The molecule has 0 unspecified atom stereocenters. The van der Waals surface area contributed by atoms with Gasteiger partial charge >= 0.3 is 0 Å². The number of amides is 2. The highest BCUT2D eigenvalue weighted by atomic mass is 16.5. The first-order valence-electron chi connectivity index (χ1n) is 9.83. The Morgan fingerprint density at radius 3 is 2.13 bits per heavy atom. The molecule has 2 amide bonds. The fourth-order valence-electron chi connectivity index (χ4n) is 4.08. The van der Waals surface area contributed by atoms with E-state index in [0.717, 1.165) is 11.1 Å². The lowest BCUT2D eigenvalue weighted by molar-refractivity contribution is 0.0512. The standard InChI is InChI=1S/C23H19N3O4/c1-14-12-20(30-24-14)23(29)26-10-8-25(9-11-26)22(28)15-6-7-17-16-4-2-3-5-18(16)21(27)19(17)13-15/h2-7,12-13H,8-11H2,1H3. The predicted molar refractivity (Wildman–Crippen MR) is 108 cm³/mol. The van der Waals surface area contributed by atoms with Crippen molar-refractivity contribution in [1.29, 1.82) is 0 Å². The number of fused-ring (bicyclic) bond motifs is 3. The second-order valence-corrected chi connectivity index (χ2v) is 7.55. The summed E-state index contributed by atoms with van der Waals surface area (Å²) in [4.78, 5) is 41.6. The van der Waals surface area contributed by atoms with Crippen LogP contribution in [0.25, 0.3) is 11.1 Å². The van der Waals surface area contributed by atoms with Crippen molar-refractivity contribution in [2.75, 3.05) is 26.2 Å². The molecule has 1 aliphatic carbocycles. The number of piperazine rings is 1. The van der Waals surface area contributed by atoms with Crippen LogP contribution < -0.4 is 0 Å². The number of aromatic nitrogens is 1. The summed E-state index contributed by atoms with van der Waals surface area (Å²) in [6, 6.07) is 14.4. The summed E-state index contributed by atoms with van der Waals surface area (Å²) >= 11 is 0. The zero-order valence-electron chi connectivity index (χ0n) is 16.4. The lowest BCUT2D eigenvalue weighted by Crippen LogP contribution is -2.50. The van der Waals surface area contributed by atoms with Crippen LogP contribution in [0.2, 0.25) is 0 Å². The van der Waals surface area contributed by atoms with Gasteiger partial charge in [0, 0.05) is 48.9 Å². The minimum absolute atomic E-state index is 0.0481. The maximum absolute atomic E-state index is 13.0. The highest BCUT2D eigenvalue weighted by molar-refractivity contribution is 6.22. The average molecular weight is 401 g/mol. The number of aryl methyl sites for hydroxylation is 1. The van der Waals surface area contributed by atoms with E-state index in [2.05, 4.69) is 5.16 Å². The molecule has 7 heteroatoms. The number of ketones is 1. The van der Waals surface area contributed by atoms with Gasteiger partial charge in [0.1, 0.15) is 0 Å². The van der Waals surface area contributed by atoms with Crippen LogP contribution in [0.4, 0.5) is 0 Å². The Morgan fingerprint density at radius 1 is 0.833 bits per heavy atom. The van der Waals surface area contributed by atoms with E-state index in [0.29, 0.717) is 48.6 Å². The van der Waals surface area contributed by atoms with Gasteiger partial charge in [-0.25, -0.2) is 0 Å². The lowest BCUT2D eigenvalue weighted by Gasteiger charge is -2.34. The zero-order chi connectivity index (χ0) is 20.8. The molecule has 5 rings (SSSR count). The first kappa shape index (κ1) is 18.3. The fourth-order valence-corrected chi connectivity index (χ4v) is 4.08. The van der Waals surface area contributed by atoms with Crippen LogP contribution in [-0.4, -0.2) is 58.7 Å². The third-order valence-electron chi connectivity index (χ3n) is 5.67. The van der Waals surface area contributed by atoms with Gasteiger partial charge in [0.15, 0.2) is 5.78 Å². The van der Waals surface area contributed by atoms with E-state index >= 15 is 0 Å². The minimum Gasteiger partial charge on any atom is -0.351 e. The number of carbonyl (C=O) groups excluding carboxylic acids is 3. The zero-order valence-corrected chi connectivity index (χ0v) is 16.4.